The number of nitrogens with zero attached hydrogens (tertiary/aromatic N) is 4. The quantitative estimate of drug-likeness (QED) is 0.801. The maximum atomic E-state index is 11.5. The fourth-order valence-electron chi connectivity index (χ4n) is 3.41. The normalized spacial score (nSPS) is 17.0. The Bertz CT molecular complexity index is 858. The summed E-state index contributed by atoms with van der Waals surface area (Å²) in [7, 11) is -3.32. The van der Waals surface area contributed by atoms with Crippen LogP contribution in [0.15, 0.2) is 18.2 Å². The van der Waals surface area contributed by atoms with Crippen molar-refractivity contribution in [3.05, 3.63) is 29.6 Å². The predicted octanol–water partition coefficient (Wildman–Crippen LogP) is 3.03. The third-order valence-electron chi connectivity index (χ3n) is 4.74. The van der Waals surface area contributed by atoms with Crippen LogP contribution in [0, 0.1) is 6.92 Å². The first-order chi connectivity index (χ1) is 12.3. The molecular weight excluding hydrogens is 352 g/mol. The van der Waals surface area contributed by atoms with Crippen LogP contribution in [0.5, 0.6) is 0 Å². The molecule has 8 nitrogen and oxygen atoms in total. The number of anilines is 2. The summed E-state index contributed by atoms with van der Waals surface area (Å²) >= 11 is 0. The van der Waals surface area contributed by atoms with Crippen molar-refractivity contribution >= 4 is 21.4 Å². The fraction of sp³-hybridized carbons (Fsp3) is 0.588. The standard InChI is InChI=1S/C17H26N6O2S/c1-12-9-10-14(11-16(12)20-26(3,24)25)18-13(2)17-19-21-22-23(17)15-7-5-4-6-8-15/h9-11,13,15,18,20H,4-8H2,1-3H3. The zero-order valence-electron chi connectivity index (χ0n) is 15.4. The maximum absolute atomic E-state index is 11.5. The van der Waals surface area contributed by atoms with E-state index in [1.54, 1.807) is 6.07 Å². The Morgan fingerprint density at radius 3 is 2.65 bits per heavy atom. The molecule has 142 valence electrons. The molecule has 0 radical (unpaired) electrons. The first-order valence-electron chi connectivity index (χ1n) is 8.96. The molecule has 1 aromatic heterocycles. The van der Waals surface area contributed by atoms with Crippen LogP contribution >= 0.6 is 0 Å². The molecule has 2 N–H and O–H groups in total. The molecular formula is C17H26N6O2S. The number of aryl methyl sites for hydroxylation is 1. The van der Waals surface area contributed by atoms with Crippen LogP contribution in [-0.4, -0.2) is 34.9 Å². The molecule has 1 saturated carbocycles. The maximum Gasteiger partial charge on any atom is 0.229 e. The largest absolute Gasteiger partial charge is 0.375 e. The summed E-state index contributed by atoms with van der Waals surface area (Å²) in [5.74, 6) is 0.801. The van der Waals surface area contributed by atoms with Crippen molar-refractivity contribution in [2.24, 2.45) is 0 Å². The highest BCUT2D eigenvalue weighted by Gasteiger charge is 2.23. The van der Waals surface area contributed by atoms with Crippen LogP contribution in [0.2, 0.25) is 0 Å². The van der Waals surface area contributed by atoms with Crippen molar-refractivity contribution in [1.82, 2.24) is 20.2 Å². The lowest BCUT2D eigenvalue weighted by Crippen LogP contribution is -2.21. The van der Waals surface area contributed by atoms with Gasteiger partial charge in [0.1, 0.15) is 0 Å². The fourth-order valence-corrected chi connectivity index (χ4v) is 4.03. The second kappa shape index (κ2) is 7.61. The van der Waals surface area contributed by atoms with Crippen molar-refractivity contribution in [3.8, 4) is 0 Å². The number of nitrogens with one attached hydrogen (secondary N) is 2. The van der Waals surface area contributed by atoms with E-state index in [9.17, 15) is 8.42 Å². The Morgan fingerprint density at radius 2 is 1.96 bits per heavy atom. The van der Waals surface area contributed by atoms with Gasteiger partial charge in [0.25, 0.3) is 0 Å². The van der Waals surface area contributed by atoms with Gasteiger partial charge in [-0.1, -0.05) is 25.3 Å². The Balaban J connectivity index is 1.77. The molecule has 1 fully saturated rings. The molecule has 1 heterocycles. The average molecular weight is 379 g/mol. The Morgan fingerprint density at radius 1 is 1.23 bits per heavy atom. The van der Waals surface area contributed by atoms with Crippen molar-refractivity contribution in [3.63, 3.8) is 0 Å². The number of rotatable bonds is 6. The summed E-state index contributed by atoms with van der Waals surface area (Å²) in [6.07, 6.45) is 7.07. The van der Waals surface area contributed by atoms with Crippen LogP contribution in [0.4, 0.5) is 11.4 Å². The van der Waals surface area contributed by atoms with E-state index in [1.807, 2.05) is 30.7 Å². The highest BCUT2D eigenvalue weighted by molar-refractivity contribution is 7.92. The second-order valence-electron chi connectivity index (χ2n) is 7.04. The van der Waals surface area contributed by atoms with Gasteiger partial charge >= 0.3 is 0 Å². The van der Waals surface area contributed by atoms with Crippen LogP contribution in [0.25, 0.3) is 0 Å². The van der Waals surface area contributed by atoms with Crippen LogP contribution in [0.3, 0.4) is 0 Å². The number of aromatic nitrogens is 4. The van der Waals surface area contributed by atoms with Crippen molar-refractivity contribution in [2.75, 3.05) is 16.3 Å². The molecule has 1 aliphatic carbocycles. The van der Waals surface area contributed by atoms with E-state index in [0.717, 1.165) is 36.2 Å². The second-order valence-corrected chi connectivity index (χ2v) is 8.79. The van der Waals surface area contributed by atoms with Gasteiger partial charge in [-0.05, 0) is 54.8 Å². The van der Waals surface area contributed by atoms with E-state index in [4.69, 9.17) is 0 Å². The first kappa shape index (κ1) is 18.6. The molecule has 1 aromatic carbocycles. The monoisotopic (exact) mass is 378 g/mol. The van der Waals surface area contributed by atoms with Gasteiger partial charge < -0.3 is 5.32 Å². The first-order valence-corrected chi connectivity index (χ1v) is 10.9. The van der Waals surface area contributed by atoms with E-state index in [0.29, 0.717) is 11.7 Å². The van der Waals surface area contributed by atoms with E-state index in [2.05, 4.69) is 25.6 Å². The lowest BCUT2D eigenvalue weighted by molar-refractivity contribution is 0.314. The Kier molecular flexibility index (Phi) is 5.45. The Labute approximate surface area is 154 Å². The minimum absolute atomic E-state index is 0.0966. The summed E-state index contributed by atoms with van der Waals surface area (Å²) in [6.45, 7) is 3.87. The van der Waals surface area contributed by atoms with Crippen molar-refractivity contribution < 1.29 is 8.42 Å². The average Bonchev–Trinajstić information content (AvgIpc) is 3.07. The molecule has 9 heteroatoms. The molecule has 1 unspecified atom stereocenters. The van der Waals surface area contributed by atoms with E-state index < -0.39 is 10.0 Å². The summed E-state index contributed by atoms with van der Waals surface area (Å²) in [5.41, 5.74) is 2.24. The smallest absolute Gasteiger partial charge is 0.229 e. The number of sulfonamides is 1. The highest BCUT2D eigenvalue weighted by Crippen LogP contribution is 2.30. The molecule has 0 aliphatic heterocycles. The van der Waals surface area contributed by atoms with E-state index in [1.165, 1.54) is 19.3 Å². The van der Waals surface area contributed by atoms with Crippen LogP contribution in [-0.2, 0) is 10.0 Å². The van der Waals surface area contributed by atoms with Gasteiger partial charge in [0.05, 0.1) is 24.0 Å². The van der Waals surface area contributed by atoms with Gasteiger partial charge in [-0.15, -0.1) is 5.10 Å². The van der Waals surface area contributed by atoms with Crippen LogP contribution in [0.1, 0.15) is 62.5 Å². The Hall–Kier alpha value is -2.16. The summed E-state index contributed by atoms with van der Waals surface area (Å²) in [5, 5.41) is 15.7. The molecule has 26 heavy (non-hydrogen) atoms. The van der Waals surface area contributed by atoms with E-state index >= 15 is 0 Å². The van der Waals surface area contributed by atoms with Gasteiger partial charge in [-0.25, -0.2) is 13.1 Å². The minimum Gasteiger partial charge on any atom is -0.375 e. The van der Waals surface area contributed by atoms with Gasteiger partial charge in [0.2, 0.25) is 10.0 Å². The number of hydrogen-bond acceptors (Lipinski definition) is 6. The molecule has 2 aromatic rings. The highest BCUT2D eigenvalue weighted by atomic mass is 32.2. The van der Waals surface area contributed by atoms with E-state index in [-0.39, 0.29) is 6.04 Å². The van der Waals surface area contributed by atoms with Gasteiger partial charge in [-0.3, -0.25) is 4.72 Å². The summed E-state index contributed by atoms with van der Waals surface area (Å²) in [4.78, 5) is 0. The number of tetrazole rings is 1. The molecule has 1 atom stereocenters. The SMILES string of the molecule is Cc1ccc(NC(C)c2nnnn2C2CCCCC2)cc1NS(C)(=O)=O. The number of benzene rings is 1. The topological polar surface area (TPSA) is 102 Å². The molecule has 1 aliphatic rings. The molecule has 0 amide bonds. The minimum atomic E-state index is -3.32. The third-order valence-corrected chi connectivity index (χ3v) is 5.33. The van der Waals surface area contributed by atoms with Crippen LogP contribution < -0.4 is 10.0 Å². The number of hydrogen-bond donors (Lipinski definition) is 2. The molecule has 0 bridgehead atoms. The summed E-state index contributed by atoms with van der Waals surface area (Å²) in [6, 6.07) is 5.86. The lowest BCUT2D eigenvalue weighted by atomic mass is 9.95. The zero-order chi connectivity index (χ0) is 18.7. The summed E-state index contributed by atoms with van der Waals surface area (Å²) < 4.78 is 27.6. The van der Waals surface area contributed by atoms with Crippen molar-refractivity contribution in [2.45, 2.75) is 58.0 Å². The molecule has 0 saturated heterocycles. The molecule has 3 rings (SSSR count). The molecule has 0 spiro atoms. The third kappa shape index (κ3) is 4.51. The zero-order valence-corrected chi connectivity index (χ0v) is 16.3. The van der Waals surface area contributed by atoms with Gasteiger partial charge in [0.15, 0.2) is 5.82 Å². The van der Waals surface area contributed by atoms with Gasteiger partial charge in [0, 0.05) is 5.69 Å². The van der Waals surface area contributed by atoms with Crippen molar-refractivity contribution in [1.29, 1.82) is 0 Å². The lowest BCUT2D eigenvalue weighted by Gasteiger charge is -2.24. The predicted molar refractivity (Wildman–Crippen MR) is 102 cm³/mol. The van der Waals surface area contributed by atoms with Gasteiger partial charge in [-0.2, -0.15) is 0 Å².